The summed E-state index contributed by atoms with van der Waals surface area (Å²) < 4.78 is 17.1. The second-order valence-electron chi connectivity index (χ2n) is 8.01. The predicted molar refractivity (Wildman–Crippen MR) is 118 cm³/mol. The summed E-state index contributed by atoms with van der Waals surface area (Å²) in [4.78, 5) is 13.6. The smallest absolute Gasteiger partial charge is 0.336 e. The van der Waals surface area contributed by atoms with Crippen molar-refractivity contribution in [2.45, 2.75) is 47.2 Å². The number of nitrogens with one attached hydrogen (secondary N) is 1. The lowest BCUT2D eigenvalue weighted by Crippen LogP contribution is -3.10. The number of rotatable bonds is 6. The summed E-state index contributed by atoms with van der Waals surface area (Å²) in [5, 5.41) is 1.04. The molecule has 1 N–H and O–H groups in total. The van der Waals surface area contributed by atoms with Gasteiger partial charge in [0.2, 0.25) is 0 Å². The number of hydrogen-bond donors (Lipinski definition) is 1. The van der Waals surface area contributed by atoms with E-state index in [1.807, 2.05) is 27.7 Å². The molecule has 158 valence electrons. The van der Waals surface area contributed by atoms with Gasteiger partial charge in [-0.15, -0.1) is 0 Å². The summed E-state index contributed by atoms with van der Waals surface area (Å²) in [5.74, 6) is 1.65. The summed E-state index contributed by atoms with van der Waals surface area (Å²) in [5.41, 5.74) is 6.29. The summed E-state index contributed by atoms with van der Waals surface area (Å²) in [6.45, 7) is 12.0. The van der Waals surface area contributed by atoms with Crippen molar-refractivity contribution in [2.24, 2.45) is 0 Å². The Bertz CT molecular complexity index is 1130. The van der Waals surface area contributed by atoms with Gasteiger partial charge in [0, 0.05) is 29.0 Å². The summed E-state index contributed by atoms with van der Waals surface area (Å²) in [6, 6.07) is 10.1. The molecule has 0 saturated heterocycles. The zero-order valence-corrected chi connectivity index (χ0v) is 18.3. The highest BCUT2D eigenvalue weighted by atomic mass is 16.5. The lowest BCUT2D eigenvalue weighted by Gasteiger charge is -2.27. The van der Waals surface area contributed by atoms with Crippen LogP contribution in [0.25, 0.3) is 11.0 Å². The van der Waals surface area contributed by atoms with Crippen LogP contribution in [-0.4, -0.2) is 19.8 Å². The Morgan fingerprint density at radius 1 is 1.00 bits per heavy atom. The fourth-order valence-corrected chi connectivity index (χ4v) is 4.34. The number of ether oxygens (including phenoxy) is 2. The third-order valence-corrected chi connectivity index (χ3v) is 6.01. The Hall–Kier alpha value is -2.79. The van der Waals surface area contributed by atoms with Crippen LogP contribution in [0.1, 0.15) is 41.7 Å². The Morgan fingerprint density at radius 3 is 2.40 bits per heavy atom. The molecule has 1 aliphatic rings. The van der Waals surface area contributed by atoms with Crippen molar-refractivity contribution in [3.05, 3.63) is 68.6 Å². The van der Waals surface area contributed by atoms with Crippen LogP contribution >= 0.6 is 0 Å². The minimum Gasteiger partial charge on any atom is -0.490 e. The molecule has 2 heterocycles. The average molecular weight is 409 g/mol. The molecule has 30 heavy (non-hydrogen) atoms. The first-order chi connectivity index (χ1) is 14.5. The number of quaternary nitrogens is 1. The van der Waals surface area contributed by atoms with Crippen LogP contribution in [0.3, 0.4) is 0 Å². The molecule has 5 heteroatoms. The molecule has 3 aromatic rings. The second-order valence-corrected chi connectivity index (χ2v) is 8.01. The first-order valence-corrected chi connectivity index (χ1v) is 10.8. The monoisotopic (exact) mass is 408 g/mol. The van der Waals surface area contributed by atoms with E-state index < -0.39 is 0 Å². The van der Waals surface area contributed by atoms with E-state index >= 15 is 0 Å². The third-order valence-electron chi connectivity index (χ3n) is 6.01. The largest absolute Gasteiger partial charge is 0.490 e. The fourth-order valence-electron chi connectivity index (χ4n) is 4.34. The minimum atomic E-state index is -0.275. The van der Waals surface area contributed by atoms with Crippen LogP contribution in [0.15, 0.2) is 39.5 Å². The minimum absolute atomic E-state index is 0.275. The summed E-state index contributed by atoms with van der Waals surface area (Å²) in [7, 11) is 0. The van der Waals surface area contributed by atoms with E-state index in [0.29, 0.717) is 18.8 Å². The van der Waals surface area contributed by atoms with Gasteiger partial charge in [-0.1, -0.05) is 12.1 Å². The van der Waals surface area contributed by atoms with E-state index in [1.165, 1.54) is 16.0 Å². The van der Waals surface area contributed by atoms with E-state index in [0.717, 1.165) is 59.6 Å². The molecule has 1 unspecified atom stereocenters. The fraction of sp³-hybridized carbons (Fsp3) is 0.400. The molecule has 0 aliphatic carbocycles. The zero-order chi connectivity index (χ0) is 21.3. The van der Waals surface area contributed by atoms with Gasteiger partial charge < -0.3 is 18.8 Å². The van der Waals surface area contributed by atoms with Crippen molar-refractivity contribution in [1.29, 1.82) is 0 Å². The maximum Gasteiger partial charge on any atom is 0.336 e. The molecule has 4 rings (SSSR count). The van der Waals surface area contributed by atoms with Crippen molar-refractivity contribution in [3.63, 3.8) is 0 Å². The van der Waals surface area contributed by atoms with Crippen molar-refractivity contribution in [2.75, 3.05) is 19.8 Å². The standard InChI is InChI=1S/C25H29NO4/c1-5-28-22-11-18-9-10-26(14-19(18)12-23(22)29-6-2)15-20-13-24(27)30-25-17(4)16(3)7-8-21(20)25/h7-8,11-13H,5-6,9-10,14-15H2,1-4H3/p+1. The normalized spacial score (nSPS) is 15.8. The molecule has 0 amide bonds. The lowest BCUT2D eigenvalue weighted by atomic mass is 9.97. The van der Waals surface area contributed by atoms with Crippen molar-refractivity contribution < 1.29 is 18.8 Å². The summed E-state index contributed by atoms with van der Waals surface area (Å²) >= 11 is 0. The molecule has 1 atom stereocenters. The van der Waals surface area contributed by atoms with Gasteiger partial charge in [-0.2, -0.15) is 0 Å². The van der Waals surface area contributed by atoms with Crippen molar-refractivity contribution >= 4 is 11.0 Å². The van der Waals surface area contributed by atoms with Crippen LogP contribution in [0.5, 0.6) is 11.5 Å². The number of hydrogen-bond acceptors (Lipinski definition) is 4. The predicted octanol–water partition coefficient (Wildman–Crippen LogP) is 3.35. The highest BCUT2D eigenvalue weighted by Crippen LogP contribution is 2.32. The van der Waals surface area contributed by atoms with Gasteiger partial charge in [0.05, 0.1) is 19.8 Å². The SMILES string of the molecule is CCOc1cc2c(cc1OCC)C[NH+](Cc1cc(=O)oc3c(C)c(C)ccc13)CC2. The molecule has 2 aromatic carbocycles. The Labute approximate surface area is 177 Å². The topological polar surface area (TPSA) is 53.1 Å². The van der Waals surface area contributed by atoms with Gasteiger partial charge in [-0.25, -0.2) is 4.79 Å². The van der Waals surface area contributed by atoms with Crippen LogP contribution < -0.4 is 20.0 Å². The molecule has 0 bridgehead atoms. The molecule has 0 spiro atoms. The maximum atomic E-state index is 12.2. The molecule has 0 radical (unpaired) electrons. The van der Waals surface area contributed by atoms with Crippen LogP contribution in [-0.2, 0) is 19.5 Å². The highest BCUT2D eigenvalue weighted by molar-refractivity contribution is 5.83. The molecule has 0 fully saturated rings. The zero-order valence-electron chi connectivity index (χ0n) is 18.3. The van der Waals surface area contributed by atoms with Gasteiger partial charge in [0.15, 0.2) is 11.5 Å². The van der Waals surface area contributed by atoms with Crippen LogP contribution in [0, 0.1) is 13.8 Å². The van der Waals surface area contributed by atoms with Gasteiger partial charge in [-0.3, -0.25) is 0 Å². The molecule has 1 aromatic heterocycles. The molecule has 5 nitrogen and oxygen atoms in total. The van der Waals surface area contributed by atoms with E-state index in [1.54, 1.807) is 6.07 Å². The molecular weight excluding hydrogens is 378 g/mol. The Balaban J connectivity index is 1.64. The first kappa shape index (κ1) is 20.5. The number of aryl methyl sites for hydroxylation is 2. The van der Waals surface area contributed by atoms with Gasteiger partial charge in [0.1, 0.15) is 18.7 Å². The van der Waals surface area contributed by atoms with Gasteiger partial charge in [-0.05, 0) is 56.5 Å². The number of fused-ring (bicyclic) bond motifs is 2. The Kier molecular flexibility index (Phi) is 5.82. The molecule has 1 aliphatic heterocycles. The highest BCUT2D eigenvalue weighted by Gasteiger charge is 2.24. The average Bonchev–Trinajstić information content (AvgIpc) is 2.72. The van der Waals surface area contributed by atoms with Gasteiger partial charge in [0.25, 0.3) is 0 Å². The first-order valence-electron chi connectivity index (χ1n) is 10.8. The van der Waals surface area contributed by atoms with Gasteiger partial charge >= 0.3 is 5.63 Å². The second kappa shape index (κ2) is 8.52. The van der Waals surface area contributed by atoms with Crippen LogP contribution in [0.2, 0.25) is 0 Å². The number of benzene rings is 2. The lowest BCUT2D eigenvalue weighted by molar-refractivity contribution is -0.929. The van der Waals surface area contributed by atoms with E-state index in [-0.39, 0.29) is 5.63 Å². The van der Waals surface area contributed by atoms with E-state index in [2.05, 4.69) is 24.3 Å². The van der Waals surface area contributed by atoms with Crippen molar-refractivity contribution in [1.82, 2.24) is 0 Å². The van der Waals surface area contributed by atoms with E-state index in [9.17, 15) is 4.79 Å². The van der Waals surface area contributed by atoms with Crippen molar-refractivity contribution in [3.8, 4) is 11.5 Å². The molecular formula is C25H30NO4+. The van der Waals surface area contributed by atoms with Crippen LogP contribution in [0.4, 0.5) is 0 Å². The van der Waals surface area contributed by atoms with E-state index in [4.69, 9.17) is 13.9 Å². The summed E-state index contributed by atoms with van der Waals surface area (Å²) in [6.07, 6.45) is 0.981. The molecule has 0 saturated carbocycles. The Morgan fingerprint density at radius 2 is 1.70 bits per heavy atom. The maximum absolute atomic E-state index is 12.2. The third kappa shape index (κ3) is 3.94. The quantitative estimate of drug-likeness (QED) is 0.636.